The van der Waals surface area contributed by atoms with E-state index in [0.717, 1.165) is 25.1 Å². The molecule has 1 atom stereocenters. The number of ether oxygens (including phenoxy) is 1. The Hall–Kier alpha value is -1.59. The average molecular weight is 250 g/mol. The van der Waals surface area contributed by atoms with E-state index in [0.29, 0.717) is 6.54 Å². The fourth-order valence-electron chi connectivity index (χ4n) is 2.06. The van der Waals surface area contributed by atoms with Crippen molar-refractivity contribution in [3.8, 4) is 0 Å². The quantitative estimate of drug-likeness (QED) is 0.830. The zero-order valence-electron chi connectivity index (χ0n) is 10.2. The van der Waals surface area contributed by atoms with Gasteiger partial charge in [-0.15, -0.1) is 0 Å². The van der Waals surface area contributed by atoms with Gasteiger partial charge in [-0.2, -0.15) is 0 Å². The Balaban J connectivity index is 1.81. The molecule has 18 heavy (non-hydrogen) atoms. The van der Waals surface area contributed by atoms with Gasteiger partial charge in [0, 0.05) is 18.8 Å². The number of benzene rings is 1. The van der Waals surface area contributed by atoms with Crippen molar-refractivity contribution in [3.63, 3.8) is 0 Å². The molecule has 1 fully saturated rings. The minimum atomic E-state index is -0.914. The highest BCUT2D eigenvalue weighted by molar-refractivity contribution is 5.68. The van der Waals surface area contributed by atoms with Gasteiger partial charge in [0.15, 0.2) is 0 Å². The van der Waals surface area contributed by atoms with E-state index < -0.39 is 5.97 Å². The lowest BCUT2D eigenvalue weighted by molar-refractivity contribution is -0.145. The molecular weight excluding hydrogens is 232 g/mol. The zero-order chi connectivity index (χ0) is 12.8. The second kappa shape index (κ2) is 6.37. The minimum absolute atomic E-state index is 0.00828. The van der Waals surface area contributed by atoms with Gasteiger partial charge < -0.3 is 15.3 Å². The highest BCUT2D eigenvalue weighted by atomic mass is 16.5. The molecule has 1 heterocycles. The molecular formula is C13H18N2O3. The molecule has 2 N–H and O–H groups in total. The van der Waals surface area contributed by atoms with E-state index >= 15 is 0 Å². The maximum atomic E-state index is 10.5. The third-order valence-corrected chi connectivity index (χ3v) is 2.88. The van der Waals surface area contributed by atoms with Gasteiger partial charge in [0.2, 0.25) is 0 Å². The molecule has 0 aromatic heterocycles. The van der Waals surface area contributed by atoms with Crippen molar-refractivity contribution >= 4 is 11.7 Å². The first-order valence-electron chi connectivity index (χ1n) is 6.14. The van der Waals surface area contributed by atoms with E-state index in [-0.39, 0.29) is 12.7 Å². The first-order chi connectivity index (χ1) is 8.74. The summed E-state index contributed by atoms with van der Waals surface area (Å²) in [6.45, 7) is 1.44. The van der Waals surface area contributed by atoms with Crippen molar-refractivity contribution in [1.29, 1.82) is 0 Å². The molecule has 2 rings (SSSR count). The summed E-state index contributed by atoms with van der Waals surface area (Å²) >= 11 is 0. The number of hydrogen-bond acceptors (Lipinski definition) is 4. The Morgan fingerprint density at radius 3 is 2.94 bits per heavy atom. The molecule has 0 spiro atoms. The number of anilines is 1. The molecule has 5 heteroatoms. The van der Waals surface area contributed by atoms with Crippen molar-refractivity contribution in [2.75, 3.05) is 25.1 Å². The van der Waals surface area contributed by atoms with E-state index in [1.807, 2.05) is 30.3 Å². The van der Waals surface area contributed by atoms with Gasteiger partial charge in [0.25, 0.3) is 0 Å². The van der Waals surface area contributed by atoms with Gasteiger partial charge in [0.1, 0.15) is 6.61 Å². The van der Waals surface area contributed by atoms with Gasteiger partial charge in [-0.3, -0.25) is 0 Å². The Morgan fingerprint density at radius 2 is 2.22 bits per heavy atom. The minimum Gasteiger partial charge on any atom is -0.480 e. The van der Waals surface area contributed by atoms with Crippen LogP contribution >= 0.6 is 0 Å². The van der Waals surface area contributed by atoms with Crippen LogP contribution in [0.4, 0.5) is 5.69 Å². The van der Waals surface area contributed by atoms with Gasteiger partial charge in [-0.05, 0) is 25.0 Å². The van der Waals surface area contributed by atoms with Crippen LogP contribution in [-0.4, -0.2) is 41.9 Å². The third kappa shape index (κ3) is 4.01. The summed E-state index contributed by atoms with van der Waals surface area (Å²) < 4.78 is 5.33. The summed E-state index contributed by atoms with van der Waals surface area (Å²) in [7, 11) is 0. The number of nitrogens with zero attached hydrogens (tertiary/aromatic N) is 1. The number of carbonyl (C=O) groups is 1. The predicted molar refractivity (Wildman–Crippen MR) is 68.2 cm³/mol. The number of carboxylic acid groups (broad SMARTS) is 1. The Kier molecular flexibility index (Phi) is 4.55. The van der Waals surface area contributed by atoms with Crippen molar-refractivity contribution < 1.29 is 14.6 Å². The summed E-state index contributed by atoms with van der Waals surface area (Å²) in [4.78, 5) is 10.5. The van der Waals surface area contributed by atoms with Gasteiger partial charge in [-0.1, -0.05) is 18.2 Å². The van der Waals surface area contributed by atoms with Crippen LogP contribution in [0.2, 0.25) is 0 Å². The number of rotatable bonds is 5. The maximum absolute atomic E-state index is 10.5. The second-order valence-corrected chi connectivity index (χ2v) is 4.39. The van der Waals surface area contributed by atoms with E-state index in [1.54, 1.807) is 0 Å². The molecule has 0 amide bonds. The third-order valence-electron chi connectivity index (χ3n) is 2.88. The SMILES string of the molecule is O=C(O)COC1CCCN(Nc2ccccc2)C1. The fraction of sp³-hybridized carbons (Fsp3) is 0.462. The highest BCUT2D eigenvalue weighted by Gasteiger charge is 2.21. The molecule has 98 valence electrons. The monoisotopic (exact) mass is 250 g/mol. The second-order valence-electron chi connectivity index (χ2n) is 4.39. The number of para-hydroxylation sites is 1. The Bertz CT molecular complexity index is 383. The molecule has 1 saturated heterocycles. The molecule has 1 aromatic rings. The number of carboxylic acids is 1. The van der Waals surface area contributed by atoms with E-state index in [2.05, 4.69) is 10.4 Å². The van der Waals surface area contributed by atoms with Crippen LogP contribution in [0.1, 0.15) is 12.8 Å². The van der Waals surface area contributed by atoms with Gasteiger partial charge in [0.05, 0.1) is 6.10 Å². The molecule has 0 aliphatic carbocycles. The van der Waals surface area contributed by atoms with Crippen molar-refractivity contribution in [1.82, 2.24) is 5.01 Å². The predicted octanol–water partition coefficient (Wildman–Crippen LogP) is 1.58. The number of hydrogen-bond donors (Lipinski definition) is 2. The van der Waals surface area contributed by atoms with Crippen molar-refractivity contribution in [3.05, 3.63) is 30.3 Å². The average Bonchev–Trinajstić information content (AvgIpc) is 2.38. The van der Waals surface area contributed by atoms with Gasteiger partial charge in [-0.25, -0.2) is 9.80 Å². The summed E-state index contributed by atoms with van der Waals surface area (Å²) in [5, 5.41) is 10.7. The van der Waals surface area contributed by atoms with Crippen LogP contribution in [0, 0.1) is 0 Å². The van der Waals surface area contributed by atoms with Crippen LogP contribution in [0.15, 0.2) is 30.3 Å². The number of piperidine rings is 1. The standard InChI is InChI=1S/C13H18N2O3/c16-13(17)10-18-12-7-4-8-15(9-12)14-11-5-2-1-3-6-11/h1-3,5-6,12,14H,4,7-10H2,(H,16,17). The topological polar surface area (TPSA) is 61.8 Å². The number of hydrazine groups is 1. The molecule has 5 nitrogen and oxygen atoms in total. The first kappa shape index (κ1) is 12.9. The number of aliphatic carboxylic acids is 1. The van der Waals surface area contributed by atoms with Crippen LogP contribution < -0.4 is 5.43 Å². The summed E-state index contributed by atoms with van der Waals surface area (Å²) in [5.41, 5.74) is 4.34. The van der Waals surface area contributed by atoms with Crippen LogP contribution in [0.3, 0.4) is 0 Å². The summed E-state index contributed by atoms with van der Waals surface area (Å²) in [6, 6.07) is 9.93. The summed E-state index contributed by atoms with van der Waals surface area (Å²) in [5.74, 6) is -0.914. The zero-order valence-corrected chi connectivity index (χ0v) is 10.2. The van der Waals surface area contributed by atoms with Crippen molar-refractivity contribution in [2.24, 2.45) is 0 Å². The molecule has 1 unspecified atom stereocenters. The molecule has 1 aromatic carbocycles. The molecule has 0 radical (unpaired) electrons. The smallest absolute Gasteiger partial charge is 0.329 e. The van der Waals surface area contributed by atoms with E-state index in [4.69, 9.17) is 9.84 Å². The number of nitrogens with one attached hydrogen (secondary N) is 1. The highest BCUT2D eigenvalue weighted by Crippen LogP contribution is 2.15. The Labute approximate surface area is 106 Å². The van der Waals surface area contributed by atoms with Gasteiger partial charge >= 0.3 is 5.97 Å². The molecule has 1 aliphatic heterocycles. The lowest BCUT2D eigenvalue weighted by Gasteiger charge is -2.33. The van der Waals surface area contributed by atoms with Crippen LogP contribution in [-0.2, 0) is 9.53 Å². The first-order valence-corrected chi connectivity index (χ1v) is 6.14. The van der Waals surface area contributed by atoms with E-state index in [1.165, 1.54) is 0 Å². The lowest BCUT2D eigenvalue weighted by atomic mass is 10.1. The van der Waals surface area contributed by atoms with Crippen LogP contribution in [0.25, 0.3) is 0 Å². The largest absolute Gasteiger partial charge is 0.480 e. The molecule has 0 saturated carbocycles. The van der Waals surface area contributed by atoms with E-state index in [9.17, 15) is 4.79 Å². The Morgan fingerprint density at radius 1 is 1.44 bits per heavy atom. The normalized spacial score (nSPS) is 20.6. The van der Waals surface area contributed by atoms with Crippen molar-refractivity contribution in [2.45, 2.75) is 18.9 Å². The molecule has 0 bridgehead atoms. The van der Waals surface area contributed by atoms with Crippen LogP contribution in [0.5, 0.6) is 0 Å². The molecule has 1 aliphatic rings. The lowest BCUT2D eigenvalue weighted by Crippen LogP contribution is -2.43. The fourth-order valence-corrected chi connectivity index (χ4v) is 2.06. The maximum Gasteiger partial charge on any atom is 0.329 e. The summed E-state index contributed by atoms with van der Waals surface area (Å²) in [6.07, 6.45) is 1.91.